The number of aliphatic hydroxyl groups excluding tert-OH is 1. The number of aromatic nitrogens is 3. The third kappa shape index (κ3) is 3.22. The summed E-state index contributed by atoms with van der Waals surface area (Å²) in [7, 11) is 0. The Bertz CT molecular complexity index is 410. The largest absolute Gasteiger partial charge is 0.396 e. The van der Waals surface area contributed by atoms with Gasteiger partial charge in [0.05, 0.1) is 6.61 Å². The molecule has 0 aliphatic heterocycles. The molecule has 1 aliphatic carbocycles. The van der Waals surface area contributed by atoms with Gasteiger partial charge in [0.25, 0.3) is 0 Å². The van der Waals surface area contributed by atoms with Gasteiger partial charge in [-0.2, -0.15) is 4.98 Å². The summed E-state index contributed by atoms with van der Waals surface area (Å²) in [6, 6.07) is 0. The zero-order valence-electron chi connectivity index (χ0n) is 9.99. The number of nitrogens with zero attached hydrogens (tertiary/aromatic N) is 3. The number of nitrogens with one attached hydrogen (secondary N) is 1. The molecule has 0 atom stereocenters. The van der Waals surface area contributed by atoms with Gasteiger partial charge in [-0.25, -0.2) is 0 Å². The van der Waals surface area contributed by atoms with Crippen molar-refractivity contribution in [2.75, 3.05) is 18.5 Å². The van der Waals surface area contributed by atoms with Gasteiger partial charge in [0.1, 0.15) is 0 Å². The van der Waals surface area contributed by atoms with E-state index in [9.17, 15) is 5.11 Å². The average Bonchev–Trinajstić information content (AvgIpc) is 2.41. The molecule has 0 radical (unpaired) electrons. The van der Waals surface area contributed by atoms with E-state index in [4.69, 9.17) is 23.2 Å². The summed E-state index contributed by atoms with van der Waals surface area (Å²) in [5, 5.41) is 20.2. The van der Waals surface area contributed by atoms with Crippen molar-refractivity contribution in [3.8, 4) is 0 Å². The first-order valence-corrected chi connectivity index (χ1v) is 6.81. The second-order valence-corrected chi connectivity index (χ2v) is 5.49. The predicted molar refractivity (Wildman–Crippen MR) is 70.9 cm³/mol. The Morgan fingerprint density at radius 2 is 1.89 bits per heavy atom. The van der Waals surface area contributed by atoms with Crippen LogP contribution in [-0.4, -0.2) is 33.4 Å². The quantitative estimate of drug-likeness (QED) is 0.892. The summed E-state index contributed by atoms with van der Waals surface area (Å²) in [4.78, 5) is 3.99. The second kappa shape index (κ2) is 5.99. The lowest BCUT2D eigenvalue weighted by Gasteiger charge is -2.35. The topological polar surface area (TPSA) is 70.9 Å². The van der Waals surface area contributed by atoms with E-state index in [1.54, 1.807) is 0 Å². The molecule has 0 spiro atoms. The summed E-state index contributed by atoms with van der Waals surface area (Å²) >= 11 is 11.6. The van der Waals surface area contributed by atoms with E-state index in [2.05, 4.69) is 20.5 Å². The lowest BCUT2D eigenvalue weighted by molar-refractivity contribution is 0.0943. The molecule has 0 bridgehead atoms. The first kappa shape index (κ1) is 13.8. The molecule has 0 amide bonds. The van der Waals surface area contributed by atoms with Crippen molar-refractivity contribution < 1.29 is 5.11 Å². The summed E-state index contributed by atoms with van der Waals surface area (Å²) in [5.41, 5.74) is -0.0843. The zero-order valence-corrected chi connectivity index (χ0v) is 11.5. The molecular formula is C11H16Cl2N4O. The molecule has 1 aromatic rings. The van der Waals surface area contributed by atoms with E-state index < -0.39 is 0 Å². The maximum Gasteiger partial charge on any atom is 0.245 e. The van der Waals surface area contributed by atoms with Gasteiger partial charge in [-0.15, -0.1) is 10.2 Å². The van der Waals surface area contributed by atoms with Gasteiger partial charge in [0.15, 0.2) is 11.0 Å². The van der Waals surface area contributed by atoms with Gasteiger partial charge < -0.3 is 10.4 Å². The van der Waals surface area contributed by atoms with E-state index >= 15 is 0 Å². The van der Waals surface area contributed by atoms with E-state index in [1.165, 1.54) is 6.42 Å². The minimum Gasteiger partial charge on any atom is -0.396 e. The summed E-state index contributed by atoms with van der Waals surface area (Å²) in [6.45, 7) is 0.794. The fraction of sp³-hybridized carbons (Fsp3) is 0.727. The number of anilines is 1. The van der Waals surface area contributed by atoms with E-state index in [0.717, 1.165) is 25.7 Å². The standard InChI is InChI=1S/C11H16Cl2N4O/c12-8-9(15-10(13)17-16-8)14-6-11(7-18)4-2-1-3-5-11/h18H,1-7H2,(H,14,15,17). The molecule has 0 aromatic carbocycles. The van der Waals surface area contributed by atoms with Gasteiger partial charge in [0.2, 0.25) is 5.28 Å². The Balaban J connectivity index is 2.03. The molecule has 1 saturated carbocycles. The molecule has 1 aromatic heterocycles. The summed E-state index contributed by atoms with van der Waals surface area (Å²) in [5.74, 6) is 0.426. The Hall–Kier alpha value is -0.650. The lowest BCUT2D eigenvalue weighted by atomic mass is 9.74. The maximum absolute atomic E-state index is 9.60. The Morgan fingerprint density at radius 3 is 2.56 bits per heavy atom. The molecular weight excluding hydrogens is 275 g/mol. The predicted octanol–water partition coefficient (Wildman–Crippen LogP) is 2.53. The molecule has 0 unspecified atom stereocenters. The normalized spacial score (nSPS) is 18.6. The van der Waals surface area contributed by atoms with Crippen molar-refractivity contribution in [3.05, 3.63) is 10.4 Å². The van der Waals surface area contributed by atoms with Crippen molar-refractivity contribution in [2.24, 2.45) is 5.41 Å². The highest BCUT2D eigenvalue weighted by Gasteiger charge is 2.31. The third-order valence-corrected chi connectivity index (χ3v) is 3.91. The monoisotopic (exact) mass is 290 g/mol. The smallest absolute Gasteiger partial charge is 0.245 e. The number of hydrogen-bond acceptors (Lipinski definition) is 5. The van der Waals surface area contributed by atoms with E-state index in [1.807, 2.05) is 0 Å². The number of halogens is 2. The Labute approximate surface area is 116 Å². The molecule has 5 nitrogen and oxygen atoms in total. The summed E-state index contributed by atoms with van der Waals surface area (Å²) < 4.78 is 0. The third-order valence-electron chi connectivity index (χ3n) is 3.50. The first-order valence-electron chi connectivity index (χ1n) is 6.06. The molecule has 18 heavy (non-hydrogen) atoms. The molecule has 1 aliphatic rings. The van der Waals surface area contributed by atoms with Crippen LogP contribution in [0.1, 0.15) is 32.1 Å². The van der Waals surface area contributed by atoms with Crippen LogP contribution in [0.4, 0.5) is 5.82 Å². The zero-order chi connectivity index (χ0) is 13.0. The Morgan fingerprint density at radius 1 is 1.17 bits per heavy atom. The van der Waals surface area contributed by atoms with Crippen LogP contribution >= 0.6 is 23.2 Å². The van der Waals surface area contributed by atoms with Gasteiger partial charge in [0, 0.05) is 12.0 Å². The Kier molecular flexibility index (Phi) is 4.59. The fourth-order valence-electron chi connectivity index (χ4n) is 2.37. The molecule has 1 fully saturated rings. The number of rotatable bonds is 4. The van der Waals surface area contributed by atoms with Gasteiger partial charge in [-0.3, -0.25) is 0 Å². The number of aliphatic hydroxyl groups is 1. The van der Waals surface area contributed by atoms with Crippen LogP contribution in [0.3, 0.4) is 0 Å². The van der Waals surface area contributed by atoms with Crippen LogP contribution < -0.4 is 5.32 Å². The van der Waals surface area contributed by atoms with Crippen molar-refractivity contribution in [1.82, 2.24) is 15.2 Å². The number of hydrogen-bond donors (Lipinski definition) is 2. The minimum absolute atomic E-state index is 0.0589. The van der Waals surface area contributed by atoms with Crippen LogP contribution in [0.15, 0.2) is 0 Å². The van der Waals surface area contributed by atoms with E-state index in [0.29, 0.717) is 12.4 Å². The van der Waals surface area contributed by atoms with Crippen LogP contribution in [-0.2, 0) is 0 Å². The van der Waals surface area contributed by atoms with E-state index in [-0.39, 0.29) is 22.5 Å². The highest BCUT2D eigenvalue weighted by molar-refractivity contribution is 6.32. The molecule has 100 valence electrons. The van der Waals surface area contributed by atoms with Crippen molar-refractivity contribution in [3.63, 3.8) is 0 Å². The van der Waals surface area contributed by atoms with Crippen molar-refractivity contribution in [2.45, 2.75) is 32.1 Å². The fourth-order valence-corrected chi connectivity index (χ4v) is 2.64. The SMILES string of the molecule is OCC1(CNc2nc(Cl)nnc2Cl)CCCCC1. The van der Waals surface area contributed by atoms with Crippen molar-refractivity contribution in [1.29, 1.82) is 0 Å². The highest BCUT2D eigenvalue weighted by atomic mass is 35.5. The maximum atomic E-state index is 9.60. The van der Waals surface area contributed by atoms with Crippen LogP contribution in [0.25, 0.3) is 0 Å². The molecule has 2 rings (SSSR count). The molecule has 7 heteroatoms. The van der Waals surface area contributed by atoms with Crippen molar-refractivity contribution >= 4 is 29.0 Å². The average molecular weight is 291 g/mol. The van der Waals surface area contributed by atoms with Crippen LogP contribution in [0.2, 0.25) is 10.4 Å². The summed E-state index contributed by atoms with van der Waals surface area (Å²) in [6.07, 6.45) is 5.57. The molecule has 2 N–H and O–H groups in total. The second-order valence-electron chi connectivity index (χ2n) is 4.79. The van der Waals surface area contributed by atoms with Crippen LogP contribution in [0, 0.1) is 5.41 Å². The van der Waals surface area contributed by atoms with Crippen LogP contribution in [0.5, 0.6) is 0 Å². The molecule has 1 heterocycles. The first-order chi connectivity index (χ1) is 8.65. The van der Waals surface area contributed by atoms with Gasteiger partial charge >= 0.3 is 0 Å². The lowest BCUT2D eigenvalue weighted by Crippen LogP contribution is -2.35. The van der Waals surface area contributed by atoms with Gasteiger partial charge in [-0.1, -0.05) is 30.9 Å². The molecule has 0 saturated heterocycles. The highest BCUT2D eigenvalue weighted by Crippen LogP contribution is 2.36. The van der Waals surface area contributed by atoms with Gasteiger partial charge in [-0.05, 0) is 24.4 Å². The minimum atomic E-state index is -0.0843.